The molecule has 0 radical (unpaired) electrons. The van der Waals surface area contributed by atoms with E-state index in [2.05, 4.69) is 10.6 Å². The number of ketones is 1. The number of carbonyl (C=O) groups excluding carboxylic acids is 2. The van der Waals surface area contributed by atoms with Crippen molar-refractivity contribution in [3.63, 3.8) is 0 Å². The van der Waals surface area contributed by atoms with Crippen LogP contribution < -0.4 is 20.1 Å². The van der Waals surface area contributed by atoms with Crippen LogP contribution in [-0.4, -0.2) is 32.6 Å². The van der Waals surface area contributed by atoms with E-state index in [0.717, 1.165) is 54.9 Å². The van der Waals surface area contributed by atoms with Gasteiger partial charge < -0.3 is 20.1 Å². The van der Waals surface area contributed by atoms with Crippen molar-refractivity contribution in [2.45, 2.75) is 44.9 Å². The minimum Gasteiger partial charge on any atom is -0.497 e. The monoisotopic (exact) mass is 412 g/mol. The maximum absolute atomic E-state index is 12.1. The van der Waals surface area contributed by atoms with Gasteiger partial charge in [-0.25, -0.2) is 4.79 Å². The summed E-state index contributed by atoms with van der Waals surface area (Å²) >= 11 is 0. The number of unbranched alkanes of at least 4 members (excludes halogenated alkanes) is 4. The van der Waals surface area contributed by atoms with Crippen LogP contribution in [0.25, 0.3) is 0 Å². The number of benzene rings is 2. The minimum atomic E-state index is -0.204. The quantitative estimate of drug-likeness (QED) is 0.455. The molecule has 30 heavy (non-hydrogen) atoms. The Balaban J connectivity index is 1.47. The second-order valence-electron chi connectivity index (χ2n) is 7.19. The average Bonchev–Trinajstić information content (AvgIpc) is 2.76. The van der Waals surface area contributed by atoms with E-state index in [1.165, 1.54) is 0 Å². The van der Waals surface area contributed by atoms with Crippen LogP contribution in [0.2, 0.25) is 0 Å². The summed E-state index contributed by atoms with van der Waals surface area (Å²) in [6.07, 6.45) is 6.08. The average molecular weight is 413 g/mol. The first-order valence-electron chi connectivity index (χ1n) is 10.4. The molecule has 0 heterocycles. The van der Waals surface area contributed by atoms with Crippen LogP contribution >= 0.6 is 0 Å². The van der Waals surface area contributed by atoms with Gasteiger partial charge in [0.25, 0.3) is 0 Å². The van der Waals surface area contributed by atoms with Crippen LogP contribution in [0.15, 0.2) is 48.5 Å². The molecule has 6 nitrogen and oxygen atoms in total. The van der Waals surface area contributed by atoms with E-state index in [9.17, 15) is 9.59 Å². The summed E-state index contributed by atoms with van der Waals surface area (Å²) in [5.41, 5.74) is 1.76. The SMILES string of the molecule is COc1ccc(CC(=O)CCCCCCCNC(=O)Nc2ccc(OC)cc2)cc1. The highest BCUT2D eigenvalue weighted by Crippen LogP contribution is 2.15. The number of carbonyl (C=O) groups is 2. The third-order valence-corrected chi connectivity index (χ3v) is 4.83. The molecule has 2 aromatic carbocycles. The minimum absolute atomic E-state index is 0.204. The van der Waals surface area contributed by atoms with Crippen molar-refractivity contribution in [2.24, 2.45) is 0 Å². The normalized spacial score (nSPS) is 10.3. The summed E-state index contributed by atoms with van der Waals surface area (Å²) in [6.45, 7) is 0.637. The van der Waals surface area contributed by atoms with E-state index in [-0.39, 0.29) is 11.8 Å². The second kappa shape index (κ2) is 13.2. The molecule has 6 heteroatoms. The zero-order valence-electron chi connectivity index (χ0n) is 17.9. The van der Waals surface area contributed by atoms with Gasteiger partial charge >= 0.3 is 6.03 Å². The van der Waals surface area contributed by atoms with Crippen LogP contribution in [0.4, 0.5) is 10.5 Å². The van der Waals surface area contributed by atoms with E-state index in [0.29, 0.717) is 19.4 Å². The fraction of sp³-hybridized carbons (Fsp3) is 0.417. The number of amides is 2. The lowest BCUT2D eigenvalue weighted by Crippen LogP contribution is -2.29. The standard InChI is InChI=1S/C24H32N2O4/c1-29-22-13-9-19(10-14-22)18-21(27)8-6-4-3-5-7-17-25-24(28)26-20-11-15-23(30-2)16-12-20/h9-16H,3-8,17-18H2,1-2H3,(H2,25,26,28). The summed E-state index contributed by atoms with van der Waals surface area (Å²) in [5, 5.41) is 5.65. The van der Waals surface area contributed by atoms with Gasteiger partial charge in [0.05, 0.1) is 14.2 Å². The number of hydrogen-bond donors (Lipinski definition) is 2. The summed E-state index contributed by atoms with van der Waals surface area (Å²) in [5.74, 6) is 1.83. The fourth-order valence-corrected chi connectivity index (χ4v) is 3.09. The van der Waals surface area contributed by atoms with Gasteiger partial charge in [-0.1, -0.05) is 31.4 Å². The highest BCUT2D eigenvalue weighted by Gasteiger charge is 2.05. The van der Waals surface area contributed by atoms with Crippen molar-refractivity contribution >= 4 is 17.5 Å². The predicted octanol–water partition coefficient (Wildman–Crippen LogP) is 4.98. The Labute approximate surface area is 179 Å². The number of hydrogen-bond acceptors (Lipinski definition) is 4. The molecule has 0 atom stereocenters. The summed E-state index contributed by atoms with van der Waals surface area (Å²) in [6, 6.07) is 14.6. The van der Waals surface area contributed by atoms with E-state index < -0.39 is 0 Å². The Hall–Kier alpha value is -3.02. The number of urea groups is 1. The largest absolute Gasteiger partial charge is 0.497 e. The van der Waals surface area contributed by atoms with Crippen molar-refractivity contribution in [1.29, 1.82) is 0 Å². The highest BCUT2D eigenvalue weighted by molar-refractivity contribution is 5.89. The number of ether oxygens (including phenoxy) is 2. The molecule has 0 aromatic heterocycles. The van der Waals surface area contributed by atoms with E-state index >= 15 is 0 Å². The van der Waals surface area contributed by atoms with Crippen molar-refractivity contribution < 1.29 is 19.1 Å². The lowest BCUT2D eigenvalue weighted by atomic mass is 10.0. The van der Waals surface area contributed by atoms with E-state index in [1.54, 1.807) is 38.5 Å². The van der Waals surface area contributed by atoms with Gasteiger partial charge in [-0.2, -0.15) is 0 Å². The number of Topliss-reactive ketones (excluding diaryl/α,β-unsaturated/α-hetero) is 1. The zero-order chi connectivity index (χ0) is 21.6. The molecule has 2 N–H and O–H groups in total. The summed E-state index contributed by atoms with van der Waals surface area (Å²) in [4.78, 5) is 23.9. The smallest absolute Gasteiger partial charge is 0.319 e. The topological polar surface area (TPSA) is 76.7 Å². The number of anilines is 1. The maximum Gasteiger partial charge on any atom is 0.319 e. The first kappa shape index (κ1) is 23.3. The van der Waals surface area contributed by atoms with Crippen molar-refractivity contribution in [3.8, 4) is 11.5 Å². The Morgan fingerprint density at radius 3 is 1.97 bits per heavy atom. The Bertz CT molecular complexity index is 705. The van der Waals surface area contributed by atoms with Gasteiger partial charge in [0.1, 0.15) is 17.3 Å². The highest BCUT2D eigenvalue weighted by atomic mass is 16.5. The molecule has 0 aliphatic carbocycles. The summed E-state index contributed by atoms with van der Waals surface area (Å²) in [7, 11) is 3.24. The molecule has 0 aliphatic rings. The molecular formula is C24H32N2O4. The van der Waals surface area contributed by atoms with Crippen LogP contribution in [0.5, 0.6) is 11.5 Å². The van der Waals surface area contributed by atoms with Crippen LogP contribution in [-0.2, 0) is 11.2 Å². The molecule has 0 saturated heterocycles. The molecule has 2 rings (SSSR count). The van der Waals surface area contributed by atoms with Crippen molar-refractivity contribution in [2.75, 3.05) is 26.1 Å². The predicted molar refractivity (Wildman–Crippen MR) is 119 cm³/mol. The molecule has 0 bridgehead atoms. The number of methoxy groups -OCH3 is 2. The van der Waals surface area contributed by atoms with Gasteiger partial charge in [-0.15, -0.1) is 0 Å². The first-order valence-corrected chi connectivity index (χ1v) is 10.4. The lowest BCUT2D eigenvalue weighted by molar-refractivity contribution is -0.118. The molecule has 2 aromatic rings. The zero-order valence-corrected chi connectivity index (χ0v) is 17.9. The van der Waals surface area contributed by atoms with Crippen molar-refractivity contribution in [3.05, 3.63) is 54.1 Å². The molecule has 0 unspecified atom stereocenters. The molecule has 0 saturated carbocycles. The Morgan fingerprint density at radius 2 is 1.33 bits per heavy atom. The third kappa shape index (κ3) is 8.99. The van der Waals surface area contributed by atoms with Crippen LogP contribution in [0.3, 0.4) is 0 Å². The molecule has 2 amide bonds. The van der Waals surface area contributed by atoms with Crippen LogP contribution in [0, 0.1) is 0 Å². The molecule has 0 fully saturated rings. The van der Waals surface area contributed by atoms with Crippen molar-refractivity contribution in [1.82, 2.24) is 5.32 Å². The Morgan fingerprint density at radius 1 is 0.767 bits per heavy atom. The van der Waals surface area contributed by atoms with E-state index in [1.807, 2.05) is 24.3 Å². The maximum atomic E-state index is 12.1. The van der Waals surface area contributed by atoms with Gasteiger partial charge in [0.2, 0.25) is 0 Å². The number of nitrogens with one attached hydrogen (secondary N) is 2. The third-order valence-electron chi connectivity index (χ3n) is 4.83. The van der Waals surface area contributed by atoms with Crippen LogP contribution in [0.1, 0.15) is 44.1 Å². The van der Waals surface area contributed by atoms with Gasteiger partial charge in [-0.05, 0) is 54.8 Å². The van der Waals surface area contributed by atoms with Gasteiger partial charge in [-0.3, -0.25) is 4.79 Å². The summed E-state index contributed by atoms with van der Waals surface area (Å²) < 4.78 is 10.2. The van der Waals surface area contributed by atoms with Gasteiger partial charge in [0, 0.05) is 25.1 Å². The fourth-order valence-electron chi connectivity index (χ4n) is 3.09. The molecule has 0 aliphatic heterocycles. The molecular weight excluding hydrogens is 380 g/mol. The molecule has 0 spiro atoms. The lowest BCUT2D eigenvalue weighted by Gasteiger charge is -2.08. The Kier molecular flexibility index (Phi) is 10.3. The molecule has 162 valence electrons. The first-order chi connectivity index (χ1) is 14.6. The van der Waals surface area contributed by atoms with E-state index in [4.69, 9.17) is 9.47 Å². The number of rotatable bonds is 13. The van der Waals surface area contributed by atoms with Gasteiger partial charge in [0.15, 0.2) is 0 Å². The second-order valence-corrected chi connectivity index (χ2v) is 7.19.